The zero-order valence-corrected chi connectivity index (χ0v) is 11.7. The monoisotopic (exact) mass is 258 g/mol. The molecule has 0 spiro atoms. The van der Waals surface area contributed by atoms with E-state index in [-0.39, 0.29) is 0 Å². The summed E-state index contributed by atoms with van der Waals surface area (Å²) in [5.41, 5.74) is 2.44. The second kappa shape index (κ2) is 6.50. The molecule has 2 heteroatoms. The summed E-state index contributed by atoms with van der Waals surface area (Å²) in [6.07, 6.45) is 0. The molecule has 0 heterocycles. The molecule has 0 bridgehead atoms. The molecule has 0 aliphatic heterocycles. The third-order valence-corrected chi connectivity index (χ3v) is 3.67. The minimum Gasteiger partial charge on any atom is -0.492 e. The Kier molecular flexibility index (Phi) is 4.71. The predicted molar refractivity (Wildman–Crippen MR) is 78.6 cm³/mol. The van der Waals surface area contributed by atoms with Crippen molar-refractivity contribution in [3.05, 3.63) is 59.7 Å². The van der Waals surface area contributed by atoms with Crippen LogP contribution in [0.5, 0.6) is 5.75 Å². The average Bonchev–Trinajstić information content (AvgIpc) is 2.40. The van der Waals surface area contributed by atoms with Crippen LogP contribution >= 0.6 is 11.8 Å². The highest BCUT2D eigenvalue weighted by Gasteiger charge is 2.00. The van der Waals surface area contributed by atoms with Crippen LogP contribution in [-0.4, -0.2) is 12.4 Å². The van der Waals surface area contributed by atoms with E-state index in [9.17, 15) is 0 Å². The molecule has 2 aromatic rings. The molecule has 1 nitrogen and oxygen atoms in total. The SMILES string of the molecule is Cc1ccc(C)c(OCCSc2ccccc2)c1. The van der Waals surface area contributed by atoms with Crippen molar-refractivity contribution in [2.24, 2.45) is 0 Å². The lowest BCUT2D eigenvalue weighted by Crippen LogP contribution is -2.01. The maximum Gasteiger partial charge on any atom is 0.122 e. The highest BCUT2D eigenvalue weighted by atomic mass is 32.2. The Morgan fingerprint density at radius 2 is 1.78 bits per heavy atom. The second-order valence-corrected chi connectivity index (χ2v) is 5.45. The first-order valence-corrected chi connectivity index (χ1v) is 7.12. The normalized spacial score (nSPS) is 10.3. The van der Waals surface area contributed by atoms with Crippen molar-refractivity contribution in [2.75, 3.05) is 12.4 Å². The number of hydrogen-bond acceptors (Lipinski definition) is 2. The van der Waals surface area contributed by atoms with Crippen molar-refractivity contribution in [3.63, 3.8) is 0 Å². The molecule has 0 fully saturated rings. The standard InChI is InChI=1S/C16H18OS/c1-13-8-9-14(2)16(12-13)17-10-11-18-15-6-4-3-5-7-15/h3-9,12H,10-11H2,1-2H3. The van der Waals surface area contributed by atoms with E-state index in [4.69, 9.17) is 4.74 Å². The molecule has 0 aliphatic carbocycles. The maximum atomic E-state index is 5.82. The van der Waals surface area contributed by atoms with E-state index in [2.05, 4.69) is 56.3 Å². The van der Waals surface area contributed by atoms with Crippen LogP contribution in [0, 0.1) is 13.8 Å². The zero-order chi connectivity index (χ0) is 12.8. The topological polar surface area (TPSA) is 9.23 Å². The molecule has 0 N–H and O–H groups in total. The van der Waals surface area contributed by atoms with Gasteiger partial charge in [0, 0.05) is 10.6 Å². The smallest absolute Gasteiger partial charge is 0.122 e. The quantitative estimate of drug-likeness (QED) is 0.578. The molecule has 0 radical (unpaired) electrons. The third-order valence-electron chi connectivity index (χ3n) is 2.70. The lowest BCUT2D eigenvalue weighted by molar-refractivity contribution is 0.341. The number of aryl methyl sites for hydroxylation is 2. The van der Waals surface area contributed by atoms with Crippen LogP contribution < -0.4 is 4.74 Å². The molecule has 94 valence electrons. The van der Waals surface area contributed by atoms with E-state index in [1.54, 1.807) is 0 Å². The Balaban J connectivity index is 1.80. The van der Waals surface area contributed by atoms with Gasteiger partial charge >= 0.3 is 0 Å². The molecular formula is C16H18OS. The van der Waals surface area contributed by atoms with Crippen molar-refractivity contribution in [1.82, 2.24) is 0 Å². The summed E-state index contributed by atoms with van der Waals surface area (Å²) in [5.74, 6) is 1.97. The summed E-state index contributed by atoms with van der Waals surface area (Å²) < 4.78 is 5.82. The van der Waals surface area contributed by atoms with Crippen LogP contribution in [0.25, 0.3) is 0 Å². The first-order chi connectivity index (χ1) is 8.75. The minimum atomic E-state index is 0.740. The fourth-order valence-corrected chi connectivity index (χ4v) is 2.44. The van der Waals surface area contributed by atoms with E-state index in [1.165, 1.54) is 16.0 Å². The number of benzene rings is 2. The van der Waals surface area contributed by atoms with E-state index >= 15 is 0 Å². The number of thioether (sulfide) groups is 1. The number of rotatable bonds is 5. The molecule has 0 aliphatic rings. The summed E-state index contributed by atoms with van der Waals surface area (Å²) in [6, 6.07) is 16.7. The second-order valence-electron chi connectivity index (χ2n) is 4.28. The van der Waals surface area contributed by atoms with Crippen molar-refractivity contribution in [1.29, 1.82) is 0 Å². The van der Waals surface area contributed by atoms with Crippen LogP contribution in [0.3, 0.4) is 0 Å². The fraction of sp³-hybridized carbons (Fsp3) is 0.250. The van der Waals surface area contributed by atoms with E-state index in [0.29, 0.717) is 0 Å². The van der Waals surface area contributed by atoms with Crippen LogP contribution in [0.15, 0.2) is 53.4 Å². The average molecular weight is 258 g/mol. The molecule has 0 amide bonds. The predicted octanol–water partition coefficient (Wildman–Crippen LogP) is 4.47. The minimum absolute atomic E-state index is 0.740. The molecule has 0 unspecified atom stereocenters. The Hall–Kier alpha value is -1.41. The van der Waals surface area contributed by atoms with Crippen LogP contribution in [-0.2, 0) is 0 Å². The van der Waals surface area contributed by atoms with Gasteiger partial charge in [0.25, 0.3) is 0 Å². The molecule has 0 atom stereocenters. The highest BCUT2D eigenvalue weighted by Crippen LogP contribution is 2.21. The summed E-state index contributed by atoms with van der Waals surface area (Å²) >= 11 is 1.82. The summed E-state index contributed by atoms with van der Waals surface area (Å²) in [6.45, 7) is 4.91. The fourth-order valence-electron chi connectivity index (χ4n) is 1.69. The van der Waals surface area contributed by atoms with Crippen molar-refractivity contribution < 1.29 is 4.74 Å². The summed E-state index contributed by atoms with van der Waals surface area (Å²) in [4.78, 5) is 1.29. The highest BCUT2D eigenvalue weighted by molar-refractivity contribution is 7.99. The molecule has 0 saturated heterocycles. The van der Waals surface area contributed by atoms with Gasteiger partial charge in [-0.05, 0) is 43.2 Å². The van der Waals surface area contributed by atoms with Crippen LogP contribution in [0.2, 0.25) is 0 Å². The van der Waals surface area contributed by atoms with Gasteiger partial charge in [-0.15, -0.1) is 11.8 Å². The molecule has 2 rings (SSSR count). The number of ether oxygens (including phenoxy) is 1. The van der Waals surface area contributed by atoms with Gasteiger partial charge in [-0.2, -0.15) is 0 Å². The van der Waals surface area contributed by atoms with Gasteiger partial charge in [-0.3, -0.25) is 0 Å². The Morgan fingerprint density at radius 3 is 2.56 bits per heavy atom. The van der Waals surface area contributed by atoms with Crippen molar-refractivity contribution in [3.8, 4) is 5.75 Å². The maximum absolute atomic E-state index is 5.82. The van der Waals surface area contributed by atoms with Crippen molar-refractivity contribution in [2.45, 2.75) is 18.7 Å². The largest absolute Gasteiger partial charge is 0.492 e. The summed E-state index contributed by atoms with van der Waals surface area (Å²) in [5, 5.41) is 0. The Bertz CT molecular complexity index is 494. The van der Waals surface area contributed by atoms with Gasteiger partial charge < -0.3 is 4.74 Å². The number of hydrogen-bond donors (Lipinski definition) is 0. The van der Waals surface area contributed by atoms with Crippen molar-refractivity contribution >= 4 is 11.8 Å². The van der Waals surface area contributed by atoms with E-state index in [0.717, 1.165) is 18.1 Å². The van der Waals surface area contributed by atoms with Crippen LogP contribution in [0.1, 0.15) is 11.1 Å². The molecule has 2 aromatic carbocycles. The van der Waals surface area contributed by atoms with Gasteiger partial charge in [0.15, 0.2) is 0 Å². The van der Waals surface area contributed by atoms with Gasteiger partial charge in [0.2, 0.25) is 0 Å². The Morgan fingerprint density at radius 1 is 1.00 bits per heavy atom. The van der Waals surface area contributed by atoms with E-state index in [1.807, 2.05) is 17.8 Å². The molecule has 0 aromatic heterocycles. The zero-order valence-electron chi connectivity index (χ0n) is 10.8. The third kappa shape index (κ3) is 3.81. The summed E-state index contributed by atoms with van der Waals surface area (Å²) in [7, 11) is 0. The van der Waals surface area contributed by atoms with Gasteiger partial charge in [-0.25, -0.2) is 0 Å². The molecular weight excluding hydrogens is 240 g/mol. The Labute approximate surface area is 113 Å². The first kappa shape index (κ1) is 13.0. The lowest BCUT2D eigenvalue weighted by atomic mass is 10.1. The van der Waals surface area contributed by atoms with Gasteiger partial charge in [0.1, 0.15) is 5.75 Å². The van der Waals surface area contributed by atoms with Gasteiger partial charge in [-0.1, -0.05) is 30.3 Å². The van der Waals surface area contributed by atoms with Crippen LogP contribution in [0.4, 0.5) is 0 Å². The molecule has 0 saturated carbocycles. The molecule has 18 heavy (non-hydrogen) atoms. The first-order valence-electron chi connectivity index (χ1n) is 6.13. The van der Waals surface area contributed by atoms with Gasteiger partial charge in [0.05, 0.1) is 6.61 Å². The lowest BCUT2D eigenvalue weighted by Gasteiger charge is -2.09. The van der Waals surface area contributed by atoms with E-state index < -0.39 is 0 Å².